The molecule has 1 aliphatic heterocycles. The molecule has 1 aliphatic rings. The molecule has 0 amide bonds. The van der Waals surface area contributed by atoms with Crippen molar-refractivity contribution in [3.05, 3.63) is 54.0 Å². The maximum absolute atomic E-state index is 13.9. The Bertz CT molecular complexity index is 766. The predicted octanol–water partition coefficient (Wildman–Crippen LogP) is 3.14. The highest BCUT2D eigenvalue weighted by molar-refractivity contribution is 14.0. The van der Waals surface area contributed by atoms with Gasteiger partial charge in [-0.3, -0.25) is 0 Å². The minimum atomic E-state index is -0.362. The number of guanidine groups is 1. The summed E-state index contributed by atoms with van der Waals surface area (Å²) in [6.45, 7) is 6.75. The number of aromatic nitrogens is 1. The minimum absolute atomic E-state index is 0. The van der Waals surface area contributed by atoms with Gasteiger partial charge in [0.15, 0.2) is 17.5 Å². The minimum Gasteiger partial charge on any atom is -0.494 e. The highest BCUT2D eigenvalue weighted by Crippen LogP contribution is 2.18. The van der Waals surface area contributed by atoms with Crippen LogP contribution in [-0.2, 0) is 6.54 Å². The van der Waals surface area contributed by atoms with Crippen LogP contribution < -0.4 is 15.0 Å². The van der Waals surface area contributed by atoms with Gasteiger partial charge in [0.1, 0.15) is 5.82 Å². The normalized spacial score (nSPS) is 14.5. The zero-order valence-corrected chi connectivity index (χ0v) is 18.6. The number of ether oxygens (including phenoxy) is 1. The molecule has 6 nitrogen and oxygen atoms in total. The summed E-state index contributed by atoms with van der Waals surface area (Å²) in [7, 11) is 1.46. The van der Waals surface area contributed by atoms with Crippen LogP contribution in [0.15, 0.2) is 47.6 Å². The summed E-state index contributed by atoms with van der Waals surface area (Å²) in [6, 6.07) is 10.9. The topological polar surface area (TPSA) is 53.0 Å². The second-order valence-electron chi connectivity index (χ2n) is 6.30. The van der Waals surface area contributed by atoms with E-state index in [1.807, 2.05) is 37.4 Å². The summed E-state index contributed by atoms with van der Waals surface area (Å²) >= 11 is 0. The molecule has 8 heteroatoms. The molecule has 0 aliphatic carbocycles. The summed E-state index contributed by atoms with van der Waals surface area (Å²) in [4.78, 5) is 13.6. The molecule has 2 aromatic rings. The van der Waals surface area contributed by atoms with E-state index < -0.39 is 0 Å². The van der Waals surface area contributed by atoms with Crippen LogP contribution in [0.25, 0.3) is 0 Å². The Hall–Kier alpha value is -2.10. The predicted molar refractivity (Wildman–Crippen MR) is 121 cm³/mol. The number of hydrogen-bond donors (Lipinski definition) is 1. The number of nitrogens with zero attached hydrogens (tertiary/aromatic N) is 4. The number of hydrogen-bond acceptors (Lipinski definition) is 4. The summed E-state index contributed by atoms with van der Waals surface area (Å²) in [5.74, 6) is 1.75. The van der Waals surface area contributed by atoms with E-state index in [4.69, 9.17) is 9.73 Å². The van der Waals surface area contributed by atoms with Gasteiger partial charge >= 0.3 is 0 Å². The molecule has 0 spiro atoms. The number of pyridine rings is 1. The molecule has 0 bridgehead atoms. The van der Waals surface area contributed by atoms with Crippen molar-refractivity contribution in [2.24, 2.45) is 4.99 Å². The zero-order chi connectivity index (χ0) is 19.1. The van der Waals surface area contributed by atoms with Gasteiger partial charge in [-0.15, -0.1) is 24.0 Å². The Morgan fingerprint density at radius 1 is 1.21 bits per heavy atom. The second-order valence-corrected chi connectivity index (χ2v) is 6.30. The van der Waals surface area contributed by atoms with Crippen molar-refractivity contribution < 1.29 is 9.13 Å². The van der Waals surface area contributed by atoms with E-state index in [0.29, 0.717) is 6.54 Å². The van der Waals surface area contributed by atoms with E-state index in [-0.39, 0.29) is 35.5 Å². The molecular formula is C20H27FIN5O. The second kappa shape index (κ2) is 11.0. The van der Waals surface area contributed by atoms with Crippen molar-refractivity contribution in [1.29, 1.82) is 0 Å². The van der Waals surface area contributed by atoms with Gasteiger partial charge in [0.05, 0.1) is 13.7 Å². The average Bonchev–Trinajstić information content (AvgIpc) is 2.72. The lowest BCUT2D eigenvalue weighted by molar-refractivity contribution is 0.371. The summed E-state index contributed by atoms with van der Waals surface area (Å²) < 4.78 is 18.8. The SMILES string of the molecule is CCNC(=NCc1ccc(OC)c(F)c1)N1CCN(c2ccccn2)CC1.I. The van der Waals surface area contributed by atoms with Crippen LogP contribution in [0, 0.1) is 5.82 Å². The fourth-order valence-corrected chi connectivity index (χ4v) is 3.09. The van der Waals surface area contributed by atoms with Gasteiger partial charge < -0.3 is 19.9 Å². The van der Waals surface area contributed by atoms with Gasteiger partial charge in [-0.1, -0.05) is 12.1 Å². The number of rotatable bonds is 5. The molecule has 1 fully saturated rings. The number of piperazine rings is 1. The van der Waals surface area contributed by atoms with Gasteiger partial charge in [-0.2, -0.15) is 0 Å². The van der Waals surface area contributed by atoms with Gasteiger partial charge in [-0.05, 0) is 36.8 Å². The van der Waals surface area contributed by atoms with Crippen LogP contribution in [0.5, 0.6) is 5.75 Å². The third kappa shape index (κ3) is 5.70. The van der Waals surface area contributed by atoms with Crippen LogP contribution in [0.1, 0.15) is 12.5 Å². The molecule has 28 heavy (non-hydrogen) atoms. The number of halogens is 2. The van der Waals surface area contributed by atoms with E-state index in [9.17, 15) is 4.39 Å². The number of methoxy groups -OCH3 is 1. The Morgan fingerprint density at radius 2 is 2.00 bits per heavy atom. The molecule has 0 atom stereocenters. The van der Waals surface area contributed by atoms with Crippen LogP contribution in [0.4, 0.5) is 10.2 Å². The number of benzene rings is 1. The maximum Gasteiger partial charge on any atom is 0.194 e. The maximum atomic E-state index is 13.9. The Balaban J connectivity index is 0.00000280. The largest absolute Gasteiger partial charge is 0.494 e. The molecule has 1 aromatic carbocycles. The van der Waals surface area contributed by atoms with E-state index in [1.54, 1.807) is 6.07 Å². The van der Waals surface area contributed by atoms with Crippen molar-refractivity contribution in [2.45, 2.75) is 13.5 Å². The van der Waals surface area contributed by atoms with E-state index >= 15 is 0 Å². The molecule has 0 radical (unpaired) electrons. The number of nitrogens with one attached hydrogen (secondary N) is 1. The lowest BCUT2D eigenvalue weighted by Gasteiger charge is -2.37. The van der Waals surface area contributed by atoms with Crippen LogP contribution in [0.3, 0.4) is 0 Å². The number of aliphatic imine (C=N–C) groups is 1. The Labute approximate surface area is 182 Å². The van der Waals surface area contributed by atoms with Crippen molar-refractivity contribution in [3.63, 3.8) is 0 Å². The summed E-state index contributed by atoms with van der Waals surface area (Å²) in [6.07, 6.45) is 1.82. The third-order valence-corrected chi connectivity index (χ3v) is 4.51. The monoisotopic (exact) mass is 499 g/mol. The molecule has 1 N–H and O–H groups in total. The van der Waals surface area contributed by atoms with Crippen LogP contribution >= 0.6 is 24.0 Å². The molecule has 1 aromatic heterocycles. The molecule has 152 valence electrons. The standard InChI is InChI=1S/C20H26FN5O.HI/c1-3-22-20(24-15-16-7-8-18(27-2)17(21)14-16)26-12-10-25(11-13-26)19-6-4-5-9-23-19;/h4-9,14H,3,10-13,15H2,1-2H3,(H,22,24);1H. The van der Waals surface area contributed by atoms with E-state index in [1.165, 1.54) is 13.2 Å². The Morgan fingerprint density at radius 3 is 2.61 bits per heavy atom. The first-order valence-corrected chi connectivity index (χ1v) is 9.23. The summed E-state index contributed by atoms with van der Waals surface area (Å²) in [5.41, 5.74) is 0.816. The lowest BCUT2D eigenvalue weighted by atomic mass is 10.2. The van der Waals surface area contributed by atoms with E-state index in [2.05, 4.69) is 20.1 Å². The fraction of sp³-hybridized carbons (Fsp3) is 0.400. The molecule has 3 rings (SSSR count). The first-order valence-electron chi connectivity index (χ1n) is 9.23. The van der Waals surface area contributed by atoms with Crippen LogP contribution in [0.2, 0.25) is 0 Å². The van der Waals surface area contributed by atoms with Crippen LogP contribution in [-0.4, -0.2) is 55.7 Å². The van der Waals surface area contributed by atoms with Crippen molar-refractivity contribution in [3.8, 4) is 5.75 Å². The average molecular weight is 499 g/mol. The molecule has 1 saturated heterocycles. The number of anilines is 1. The quantitative estimate of drug-likeness (QED) is 0.390. The smallest absolute Gasteiger partial charge is 0.194 e. The molecular weight excluding hydrogens is 472 g/mol. The lowest BCUT2D eigenvalue weighted by Crippen LogP contribution is -2.52. The first kappa shape index (κ1) is 22.2. The summed E-state index contributed by atoms with van der Waals surface area (Å²) in [5, 5.41) is 3.34. The molecule has 0 unspecified atom stereocenters. The van der Waals surface area contributed by atoms with Gasteiger partial charge in [0.25, 0.3) is 0 Å². The third-order valence-electron chi connectivity index (χ3n) is 4.51. The highest BCUT2D eigenvalue weighted by atomic mass is 127. The molecule has 2 heterocycles. The first-order chi connectivity index (χ1) is 13.2. The zero-order valence-electron chi connectivity index (χ0n) is 16.3. The van der Waals surface area contributed by atoms with Crippen molar-refractivity contribution in [2.75, 3.05) is 44.7 Å². The van der Waals surface area contributed by atoms with E-state index in [0.717, 1.165) is 50.1 Å². The van der Waals surface area contributed by atoms with Gasteiger partial charge in [-0.25, -0.2) is 14.4 Å². The van der Waals surface area contributed by atoms with Gasteiger partial charge in [0, 0.05) is 38.9 Å². The van der Waals surface area contributed by atoms with Gasteiger partial charge in [0.2, 0.25) is 0 Å². The molecule has 0 saturated carbocycles. The Kier molecular flexibility index (Phi) is 8.75. The van der Waals surface area contributed by atoms with Crippen molar-refractivity contribution in [1.82, 2.24) is 15.2 Å². The fourth-order valence-electron chi connectivity index (χ4n) is 3.09. The van der Waals surface area contributed by atoms with Crippen molar-refractivity contribution >= 4 is 35.8 Å². The highest BCUT2D eigenvalue weighted by Gasteiger charge is 2.20.